The molecule has 150 valence electrons. The molecule has 3 aliphatic heterocycles. The molecule has 2 unspecified atom stereocenters. The van der Waals surface area contributed by atoms with Crippen molar-refractivity contribution < 1.29 is 14.4 Å². The van der Waals surface area contributed by atoms with Crippen LogP contribution in [0.1, 0.15) is 69.2 Å². The van der Waals surface area contributed by atoms with Crippen LogP contribution in [0.4, 0.5) is 5.69 Å². The van der Waals surface area contributed by atoms with E-state index in [1.807, 2.05) is 34.9 Å². The van der Waals surface area contributed by atoms with Crippen LogP contribution < -0.4 is 4.90 Å². The molecule has 2 saturated heterocycles. The van der Waals surface area contributed by atoms with E-state index in [2.05, 4.69) is 6.92 Å². The number of para-hydroxylation sites is 1. The average Bonchev–Trinajstić information content (AvgIpc) is 3.00. The Morgan fingerprint density at radius 1 is 1.21 bits per heavy atom. The Balaban J connectivity index is 1.49. The number of rotatable bonds is 4. The van der Waals surface area contributed by atoms with Crippen molar-refractivity contribution in [2.24, 2.45) is 0 Å². The molecule has 3 aliphatic rings. The highest BCUT2D eigenvalue weighted by atomic mass is 16.2. The van der Waals surface area contributed by atoms with Gasteiger partial charge in [0, 0.05) is 32.0 Å². The molecule has 6 heteroatoms. The number of hydrogen-bond donors (Lipinski definition) is 0. The maximum absolute atomic E-state index is 13.2. The van der Waals surface area contributed by atoms with E-state index < -0.39 is 5.66 Å². The molecule has 1 aromatic rings. The number of nitrogens with zero attached hydrogens (tertiary/aromatic N) is 3. The van der Waals surface area contributed by atoms with E-state index in [9.17, 15) is 14.4 Å². The topological polar surface area (TPSA) is 60.9 Å². The number of fused-ring (bicyclic) bond motifs is 3. The third kappa shape index (κ3) is 2.99. The van der Waals surface area contributed by atoms with Gasteiger partial charge in [-0.15, -0.1) is 0 Å². The Bertz CT molecular complexity index is 808. The lowest BCUT2D eigenvalue weighted by Gasteiger charge is -2.48. The predicted octanol–water partition coefficient (Wildman–Crippen LogP) is 3.17. The molecule has 0 aromatic heterocycles. The first-order valence-electron chi connectivity index (χ1n) is 10.5. The monoisotopic (exact) mass is 383 g/mol. The number of carbonyl (C=O) groups excluding carboxylic acids is 3. The minimum atomic E-state index is -0.635. The molecule has 0 radical (unpaired) electrons. The second kappa shape index (κ2) is 7.22. The molecule has 3 amide bonds. The third-order valence-electron chi connectivity index (χ3n) is 6.64. The zero-order chi connectivity index (χ0) is 19.9. The Morgan fingerprint density at radius 2 is 2.00 bits per heavy atom. The van der Waals surface area contributed by atoms with E-state index in [1.54, 1.807) is 11.0 Å². The fourth-order valence-corrected chi connectivity index (χ4v) is 5.04. The van der Waals surface area contributed by atoms with Gasteiger partial charge in [-0.2, -0.15) is 0 Å². The zero-order valence-electron chi connectivity index (χ0n) is 16.8. The maximum Gasteiger partial charge on any atom is 0.257 e. The Hall–Kier alpha value is -2.37. The van der Waals surface area contributed by atoms with Crippen LogP contribution >= 0.6 is 0 Å². The van der Waals surface area contributed by atoms with Crippen LogP contribution in [-0.2, 0) is 9.59 Å². The summed E-state index contributed by atoms with van der Waals surface area (Å²) >= 11 is 0. The lowest BCUT2D eigenvalue weighted by atomic mass is 9.97. The number of benzene rings is 1. The van der Waals surface area contributed by atoms with E-state index in [1.165, 1.54) is 6.42 Å². The van der Waals surface area contributed by atoms with Crippen molar-refractivity contribution in [3.05, 3.63) is 29.8 Å². The molecule has 6 nitrogen and oxygen atoms in total. The molecule has 0 aliphatic carbocycles. The van der Waals surface area contributed by atoms with Crippen molar-refractivity contribution in [1.29, 1.82) is 0 Å². The van der Waals surface area contributed by atoms with Gasteiger partial charge in [-0.25, -0.2) is 0 Å². The largest absolute Gasteiger partial charge is 0.340 e. The molecule has 1 aromatic carbocycles. The minimum absolute atomic E-state index is 0.0390. The molecule has 2 atom stereocenters. The second-order valence-corrected chi connectivity index (χ2v) is 8.46. The maximum atomic E-state index is 13.2. The Kier molecular flexibility index (Phi) is 4.89. The summed E-state index contributed by atoms with van der Waals surface area (Å²) < 4.78 is 0. The molecule has 4 rings (SSSR count). The van der Waals surface area contributed by atoms with E-state index in [-0.39, 0.29) is 17.7 Å². The molecule has 0 saturated carbocycles. The zero-order valence-corrected chi connectivity index (χ0v) is 16.8. The van der Waals surface area contributed by atoms with E-state index in [0.717, 1.165) is 19.4 Å². The van der Waals surface area contributed by atoms with Crippen molar-refractivity contribution in [1.82, 2.24) is 9.80 Å². The van der Waals surface area contributed by atoms with Crippen LogP contribution in [0.3, 0.4) is 0 Å². The number of hydrogen-bond acceptors (Lipinski definition) is 3. The standard InChI is InChI=1S/C22H29N3O3/c1-16-8-5-6-14-23(16)19(26)11-7-15-24-21(28)17-9-3-4-10-18(17)25-20(27)12-13-22(24,25)2/h3-4,9-10,16H,5-8,11-15H2,1-2H3. The van der Waals surface area contributed by atoms with Crippen LogP contribution in [0.15, 0.2) is 24.3 Å². The first-order chi connectivity index (χ1) is 13.4. The van der Waals surface area contributed by atoms with Gasteiger partial charge >= 0.3 is 0 Å². The highest BCUT2D eigenvalue weighted by Crippen LogP contribution is 2.44. The summed E-state index contributed by atoms with van der Waals surface area (Å²) in [6.07, 6.45) is 5.47. The summed E-state index contributed by atoms with van der Waals surface area (Å²) in [5.41, 5.74) is 0.655. The van der Waals surface area contributed by atoms with E-state index in [0.29, 0.717) is 49.5 Å². The summed E-state index contributed by atoms with van der Waals surface area (Å²) in [4.78, 5) is 44.0. The van der Waals surface area contributed by atoms with E-state index in [4.69, 9.17) is 0 Å². The van der Waals surface area contributed by atoms with Crippen molar-refractivity contribution in [3.63, 3.8) is 0 Å². The quantitative estimate of drug-likeness (QED) is 0.802. The smallest absolute Gasteiger partial charge is 0.257 e. The molecule has 28 heavy (non-hydrogen) atoms. The van der Waals surface area contributed by atoms with Crippen molar-refractivity contribution in [2.45, 2.75) is 70.5 Å². The summed E-state index contributed by atoms with van der Waals surface area (Å²) in [7, 11) is 0. The van der Waals surface area contributed by atoms with Gasteiger partial charge in [0.2, 0.25) is 11.8 Å². The molecular formula is C22H29N3O3. The predicted molar refractivity (Wildman–Crippen MR) is 107 cm³/mol. The number of piperidine rings is 1. The van der Waals surface area contributed by atoms with Gasteiger partial charge in [0.15, 0.2) is 0 Å². The number of carbonyl (C=O) groups is 3. The van der Waals surface area contributed by atoms with Gasteiger partial charge in [-0.3, -0.25) is 19.3 Å². The number of likely N-dealkylation sites (tertiary alicyclic amines) is 1. The summed E-state index contributed by atoms with van der Waals surface area (Å²) in [6, 6.07) is 7.65. The summed E-state index contributed by atoms with van der Waals surface area (Å²) in [5.74, 6) is 0.204. The van der Waals surface area contributed by atoms with Crippen molar-refractivity contribution >= 4 is 23.4 Å². The van der Waals surface area contributed by atoms with Gasteiger partial charge in [-0.05, 0) is 58.1 Å². The summed E-state index contributed by atoms with van der Waals surface area (Å²) in [5, 5.41) is 0. The highest BCUT2D eigenvalue weighted by Gasteiger charge is 2.52. The number of amides is 3. The summed E-state index contributed by atoms with van der Waals surface area (Å²) in [6.45, 7) is 5.42. The van der Waals surface area contributed by atoms with Crippen LogP contribution in [-0.4, -0.2) is 52.3 Å². The molecule has 0 spiro atoms. The lowest BCUT2D eigenvalue weighted by molar-refractivity contribution is -0.134. The fourth-order valence-electron chi connectivity index (χ4n) is 5.04. The van der Waals surface area contributed by atoms with Crippen LogP contribution in [0, 0.1) is 0 Å². The first-order valence-corrected chi connectivity index (χ1v) is 10.5. The lowest BCUT2D eigenvalue weighted by Crippen LogP contribution is -2.62. The Morgan fingerprint density at radius 3 is 2.79 bits per heavy atom. The first kappa shape index (κ1) is 19.0. The third-order valence-corrected chi connectivity index (χ3v) is 6.64. The molecule has 3 heterocycles. The average molecular weight is 383 g/mol. The van der Waals surface area contributed by atoms with Gasteiger partial charge in [0.25, 0.3) is 5.91 Å². The van der Waals surface area contributed by atoms with Crippen LogP contribution in [0.5, 0.6) is 0 Å². The normalized spacial score (nSPS) is 27.1. The molecule has 0 bridgehead atoms. The van der Waals surface area contributed by atoms with E-state index >= 15 is 0 Å². The van der Waals surface area contributed by atoms with Gasteiger partial charge < -0.3 is 9.80 Å². The Labute approximate surface area is 166 Å². The second-order valence-electron chi connectivity index (χ2n) is 8.46. The number of anilines is 1. The highest BCUT2D eigenvalue weighted by molar-refractivity contribution is 6.10. The van der Waals surface area contributed by atoms with Gasteiger partial charge in [0.05, 0.1) is 11.3 Å². The SMILES string of the molecule is CC1CCCCN1C(=O)CCCN1C(=O)c2ccccc2N2C(=O)CCC12C. The van der Waals surface area contributed by atoms with Crippen molar-refractivity contribution in [3.8, 4) is 0 Å². The minimum Gasteiger partial charge on any atom is -0.340 e. The molecule has 0 N–H and O–H groups in total. The van der Waals surface area contributed by atoms with Gasteiger partial charge in [-0.1, -0.05) is 12.1 Å². The van der Waals surface area contributed by atoms with Crippen molar-refractivity contribution in [2.75, 3.05) is 18.0 Å². The van der Waals surface area contributed by atoms with Gasteiger partial charge in [0.1, 0.15) is 5.66 Å². The van der Waals surface area contributed by atoms with Crippen LogP contribution in [0.2, 0.25) is 0 Å². The molecule has 2 fully saturated rings. The van der Waals surface area contributed by atoms with Crippen LogP contribution in [0.25, 0.3) is 0 Å². The molecular weight excluding hydrogens is 354 g/mol. The fraction of sp³-hybridized carbons (Fsp3) is 0.591.